The molecule has 114 valence electrons. The van der Waals surface area contributed by atoms with Crippen molar-refractivity contribution in [3.63, 3.8) is 0 Å². The Balaban J connectivity index is 1.78. The van der Waals surface area contributed by atoms with Gasteiger partial charge in [-0.05, 0) is 31.0 Å². The van der Waals surface area contributed by atoms with E-state index in [0.717, 1.165) is 25.0 Å². The van der Waals surface area contributed by atoms with E-state index in [1.807, 2.05) is 0 Å². The maximum atomic E-state index is 13.5. The molecule has 1 aromatic carbocycles. The van der Waals surface area contributed by atoms with E-state index in [1.165, 1.54) is 6.20 Å². The van der Waals surface area contributed by atoms with Gasteiger partial charge in [-0.3, -0.25) is 9.78 Å². The van der Waals surface area contributed by atoms with Crippen molar-refractivity contribution in [3.8, 4) is 0 Å². The summed E-state index contributed by atoms with van der Waals surface area (Å²) < 4.78 is 39.5. The molecular weight excluding hydrogens is 295 g/mol. The number of carbonyl (C=O) groups excluding carboxylic acids is 1. The molecule has 1 aromatic heterocycles. The minimum absolute atomic E-state index is 0.190. The minimum atomic E-state index is -1.62. The number of nitrogens with one attached hydrogen (secondary N) is 2. The highest BCUT2D eigenvalue weighted by molar-refractivity contribution is 6.04. The molecular formula is C15H12F3N3O. The largest absolute Gasteiger partial charge is 0.381 e. The van der Waals surface area contributed by atoms with E-state index in [0.29, 0.717) is 11.7 Å². The van der Waals surface area contributed by atoms with E-state index in [-0.39, 0.29) is 5.56 Å². The Bertz CT molecular complexity index is 732. The van der Waals surface area contributed by atoms with Crippen LogP contribution < -0.4 is 10.6 Å². The monoisotopic (exact) mass is 307 g/mol. The van der Waals surface area contributed by atoms with Crippen LogP contribution in [0.25, 0.3) is 0 Å². The van der Waals surface area contributed by atoms with Gasteiger partial charge in [0.05, 0.1) is 16.9 Å². The number of anilines is 2. The van der Waals surface area contributed by atoms with Gasteiger partial charge < -0.3 is 10.6 Å². The summed E-state index contributed by atoms with van der Waals surface area (Å²) in [4.78, 5) is 16.0. The zero-order valence-corrected chi connectivity index (χ0v) is 11.4. The molecule has 2 N–H and O–H groups in total. The Kier molecular flexibility index (Phi) is 3.70. The van der Waals surface area contributed by atoms with Crippen molar-refractivity contribution in [2.75, 3.05) is 10.6 Å². The van der Waals surface area contributed by atoms with Crippen LogP contribution in [0.2, 0.25) is 0 Å². The van der Waals surface area contributed by atoms with Crippen molar-refractivity contribution in [1.82, 2.24) is 4.98 Å². The van der Waals surface area contributed by atoms with Crippen LogP contribution in [-0.4, -0.2) is 16.9 Å². The van der Waals surface area contributed by atoms with E-state index >= 15 is 0 Å². The molecule has 1 amide bonds. The van der Waals surface area contributed by atoms with Crippen LogP contribution in [0, 0.1) is 17.5 Å². The molecule has 2 aromatic rings. The Morgan fingerprint density at radius 1 is 1.14 bits per heavy atom. The highest BCUT2D eigenvalue weighted by Crippen LogP contribution is 2.25. The van der Waals surface area contributed by atoms with Crippen LogP contribution >= 0.6 is 0 Å². The Morgan fingerprint density at radius 2 is 1.91 bits per heavy atom. The van der Waals surface area contributed by atoms with Gasteiger partial charge in [0, 0.05) is 18.4 Å². The molecule has 1 aliphatic carbocycles. The number of pyridine rings is 1. The highest BCUT2D eigenvalue weighted by Gasteiger charge is 2.21. The normalized spacial score (nSPS) is 13.8. The first-order valence-electron chi connectivity index (χ1n) is 6.71. The lowest BCUT2D eigenvalue weighted by Crippen LogP contribution is -2.15. The molecule has 0 radical (unpaired) electrons. The summed E-state index contributed by atoms with van der Waals surface area (Å²) in [6, 6.07) is 3.67. The van der Waals surface area contributed by atoms with Gasteiger partial charge in [-0.2, -0.15) is 0 Å². The number of carbonyl (C=O) groups is 1. The summed E-state index contributed by atoms with van der Waals surface area (Å²) in [7, 11) is 0. The summed E-state index contributed by atoms with van der Waals surface area (Å²) in [5.74, 6) is -5.03. The third kappa shape index (κ3) is 3.03. The fraction of sp³-hybridized carbons (Fsp3) is 0.200. The molecule has 0 bridgehead atoms. The number of nitrogens with zero attached hydrogens (tertiary/aromatic N) is 1. The van der Waals surface area contributed by atoms with E-state index in [1.54, 1.807) is 12.3 Å². The Hall–Kier alpha value is -2.57. The number of hydrogen-bond donors (Lipinski definition) is 2. The van der Waals surface area contributed by atoms with Gasteiger partial charge in [-0.1, -0.05) is 0 Å². The summed E-state index contributed by atoms with van der Waals surface area (Å²) >= 11 is 0. The van der Waals surface area contributed by atoms with Gasteiger partial charge in [0.1, 0.15) is 0 Å². The third-order valence-electron chi connectivity index (χ3n) is 3.23. The van der Waals surface area contributed by atoms with Crippen LogP contribution in [0.15, 0.2) is 30.6 Å². The molecule has 3 rings (SSSR count). The smallest absolute Gasteiger partial charge is 0.257 e. The molecule has 1 aliphatic rings. The lowest BCUT2D eigenvalue weighted by Gasteiger charge is -2.09. The first-order chi connectivity index (χ1) is 10.5. The van der Waals surface area contributed by atoms with E-state index in [2.05, 4.69) is 15.6 Å². The van der Waals surface area contributed by atoms with Gasteiger partial charge in [-0.25, -0.2) is 13.2 Å². The van der Waals surface area contributed by atoms with E-state index in [4.69, 9.17) is 0 Å². The van der Waals surface area contributed by atoms with Gasteiger partial charge >= 0.3 is 0 Å². The average molecular weight is 307 g/mol. The van der Waals surface area contributed by atoms with Gasteiger partial charge in [0.25, 0.3) is 5.91 Å². The van der Waals surface area contributed by atoms with Gasteiger partial charge in [0.15, 0.2) is 17.5 Å². The molecule has 0 saturated heterocycles. The summed E-state index contributed by atoms with van der Waals surface area (Å²) in [6.07, 6.45) is 5.02. The fourth-order valence-corrected chi connectivity index (χ4v) is 1.92. The molecule has 1 heterocycles. The van der Waals surface area contributed by atoms with E-state index in [9.17, 15) is 18.0 Å². The van der Waals surface area contributed by atoms with Crippen molar-refractivity contribution in [2.24, 2.45) is 0 Å². The average Bonchev–Trinajstić information content (AvgIpc) is 3.32. The first kappa shape index (κ1) is 14.4. The number of aromatic nitrogens is 1. The summed E-state index contributed by atoms with van der Waals surface area (Å²) in [5.41, 5.74) is 0.445. The second-order valence-electron chi connectivity index (χ2n) is 5.06. The van der Waals surface area contributed by atoms with Crippen molar-refractivity contribution < 1.29 is 18.0 Å². The zero-order chi connectivity index (χ0) is 15.7. The van der Waals surface area contributed by atoms with Crippen LogP contribution in [0.4, 0.5) is 24.5 Å². The lowest BCUT2D eigenvalue weighted by atomic mass is 10.2. The maximum Gasteiger partial charge on any atom is 0.257 e. The number of halogens is 3. The number of hydrogen-bond acceptors (Lipinski definition) is 3. The first-order valence-corrected chi connectivity index (χ1v) is 6.71. The molecule has 0 aliphatic heterocycles. The standard InChI is InChI=1S/C15H12F3N3O/c16-11-3-4-12(14(18)13(11)17)21-15(22)8-5-10(7-19-6-8)20-9-1-2-9/h3-7,9,20H,1-2H2,(H,21,22). The molecule has 0 unspecified atom stereocenters. The Morgan fingerprint density at radius 3 is 2.64 bits per heavy atom. The predicted octanol–water partition coefficient (Wildman–Crippen LogP) is 3.33. The highest BCUT2D eigenvalue weighted by atomic mass is 19.2. The molecule has 1 fully saturated rings. The second-order valence-corrected chi connectivity index (χ2v) is 5.06. The van der Waals surface area contributed by atoms with Crippen LogP contribution in [0.3, 0.4) is 0 Å². The van der Waals surface area contributed by atoms with Gasteiger partial charge in [-0.15, -0.1) is 0 Å². The topological polar surface area (TPSA) is 54.0 Å². The third-order valence-corrected chi connectivity index (χ3v) is 3.23. The SMILES string of the molecule is O=C(Nc1ccc(F)c(F)c1F)c1cncc(NC2CC2)c1. The summed E-state index contributed by atoms with van der Waals surface area (Å²) in [5, 5.41) is 5.38. The molecule has 1 saturated carbocycles. The number of rotatable bonds is 4. The second kappa shape index (κ2) is 5.67. The molecule has 22 heavy (non-hydrogen) atoms. The van der Waals surface area contributed by atoms with Crippen molar-refractivity contribution in [2.45, 2.75) is 18.9 Å². The molecule has 7 heteroatoms. The molecule has 0 atom stereocenters. The minimum Gasteiger partial charge on any atom is -0.381 e. The van der Waals surface area contributed by atoms with Crippen LogP contribution in [0.5, 0.6) is 0 Å². The quantitative estimate of drug-likeness (QED) is 0.852. The van der Waals surface area contributed by atoms with Crippen molar-refractivity contribution in [1.29, 1.82) is 0 Å². The van der Waals surface area contributed by atoms with Crippen LogP contribution in [-0.2, 0) is 0 Å². The van der Waals surface area contributed by atoms with Gasteiger partial charge in [0.2, 0.25) is 0 Å². The molecule has 0 spiro atoms. The fourth-order valence-electron chi connectivity index (χ4n) is 1.92. The Labute approximate surface area is 124 Å². The van der Waals surface area contributed by atoms with Crippen LogP contribution in [0.1, 0.15) is 23.2 Å². The van der Waals surface area contributed by atoms with Crippen molar-refractivity contribution >= 4 is 17.3 Å². The van der Waals surface area contributed by atoms with Crippen molar-refractivity contribution in [3.05, 3.63) is 53.6 Å². The maximum absolute atomic E-state index is 13.5. The number of benzene rings is 1. The van der Waals surface area contributed by atoms with E-state index < -0.39 is 29.0 Å². The zero-order valence-electron chi connectivity index (χ0n) is 11.4. The molecule has 4 nitrogen and oxygen atoms in total. The predicted molar refractivity (Wildman–Crippen MR) is 75.2 cm³/mol. The number of amides is 1. The summed E-state index contributed by atoms with van der Waals surface area (Å²) in [6.45, 7) is 0. The lowest BCUT2D eigenvalue weighted by molar-refractivity contribution is 0.102.